The van der Waals surface area contributed by atoms with E-state index in [9.17, 15) is 9.59 Å². The fraction of sp³-hybridized carbons (Fsp3) is 0.176. The van der Waals surface area contributed by atoms with Crippen LogP contribution in [-0.2, 0) is 0 Å². The van der Waals surface area contributed by atoms with E-state index in [1.165, 1.54) is 4.90 Å². The first-order chi connectivity index (χ1) is 10.6. The number of nitrogens with one attached hydrogen (secondary N) is 1. The summed E-state index contributed by atoms with van der Waals surface area (Å²) in [4.78, 5) is 26.6. The summed E-state index contributed by atoms with van der Waals surface area (Å²) >= 11 is 6.05. The number of nitrogens with zero attached hydrogens (tertiary/aromatic N) is 1. The molecule has 0 aromatic heterocycles. The number of rotatable bonds is 4. The molecule has 1 N–H and O–H groups in total. The van der Waals surface area contributed by atoms with E-state index in [0.29, 0.717) is 22.7 Å². The predicted molar refractivity (Wildman–Crippen MR) is 85.1 cm³/mol. The van der Waals surface area contributed by atoms with Crippen LogP contribution in [0.1, 0.15) is 32.3 Å². The zero-order valence-corrected chi connectivity index (χ0v) is 12.8. The average molecular weight is 315 g/mol. The van der Waals surface area contributed by atoms with E-state index in [1.807, 2.05) is 12.1 Å². The van der Waals surface area contributed by atoms with Gasteiger partial charge in [-0.15, -0.1) is 0 Å². The molecule has 1 heterocycles. The summed E-state index contributed by atoms with van der Waals surface area (Å²) in [5, 5.41) is 3.62. The van der Waals surface area contributed by atoms with Crippen molar-refractivity contribution in [1.82, 2.24) is 10.2 Å². The molecule has 0 aliphatic carbocycles. The lowest BCUT2D eigenvalue weighted by Crippen LogP contribution is -2.38. The molecule has 1 aliphatic rings. The molecule has 0 radical (unpaired) electrons. The number of carbonyl (C=O) groups is 2. The molecule has 2 amide bonds. The Balaban J connectivity index is 2.04. The van der Waals surface area contributed by atoms with Crippen LogP contribution in [0, 0.1) is 0 Å². The van der Waals surface area contributed by atoms with E-state index in [2.05, 4.69) is 5.32 Å². The summed E-state index contributed by atoms with van der Waals surface area (Å²) in [6, 6.07) is 13.7. The standard InChI is InChI=1S/C17H15ClN2O2/c1-19-10-15(11-5-4-6-12(18)9-11)20-16(21)13-7-2-3-8-14(13)17(20)22/h2-9,15,19H,10H2,1H3. The monoisotopic (exact) mass is 314 g/mol. The fourth-order valence-corrected chi connectivity index (χ4v) is 2.96. The van der Waals surface area contributed by atoms with Crippen LogP contribution in [0.25, 0.3) is 0 Å². The Bertz CT molecular complexity index is 710. The third-order valence-electron chi connectivity index (χ3n) is 3.77. The summed E-state index contributed by atoms with van der Waals surface area (Å²) in [5.74, 6) is -0.526. The average Bonchev–Trinajstić information content (AvgIpc) is 2.77. The molecule has 112 valence electrons. The Labute approximate surface area is 133 Å². The zero-order chi connectivity index (χ0) is 15.7. The van der Waals surface area contributed by atoms with Crippen LogP contribution < -0.4 is 5.32 Å². The molecule has 0 saturated carbocycles. The molecule has 5 heteroatoms. The molecule has 0 saturated heterocycles. The van der Waals surface area contributed by atoms with Crippen LogP contribution >= 0.6 is 11.6 Å². The summed E-state index contributed by atoms with van der Waals surface area (Å²) < 4.78 is 0. The SMILES string of the molecule is CNCC(c1cccc(Cl)c1)N1C(=O)c2ccccc2C1=O. The molecule has 1 atom stereocenters. The summed E-state index contributed by atoms with van der Waals surface area (Å²) in [6.45, 7) is 0.464. The van der Waals surface area contributed by atoms with Gasteiger partial charge < -0.3 is 5.32 Å². The van der Waals surface area contributed by atoms with Crippen molar-refractivity contribution >= 4 is 23.4 Å². The lowest BCUT2D eigenvalue weighted by atomic mass is 10.1. The number of imide groups is 1. The first-order valence-electron chi connectivity index (χ1n) is 7.00. The lowest BCUT2D eigenvalue weighted by molar-refractivity contribution is 0.0582. The smallest absolute Gasteiger partial charge is 0.262 e. The van der Waals surface area contributed by atoms with Gasteiger partial charge >= 0.3 is 0 Å². The Hall–Kier alpha value is -2.17. The number of carbonyl (C=O) groups excluding carboxylic acids is 2. The van der Waals surface area contributed by atoms with Crippen molar-refractivity contribution in [2.24, 2.45) is 0 Å². The Morgan fingerprint density at radius 2 is 1.68 bits per heavy atom. The van der Waals surface area contributed by atoms with E-state index < -0.39 is 6.04 Å². The number of benzene rings is 2. The third-order valence-corrected chi connectivity index (χ3v) is 4.00. The van der Waals surface area contributed by atoms with Crippen molar-refractivity contribution in [1.29, 1.82) is 0 Å². The lowest BCUT2D eigenvalue weighted by Gasteiger charge is -2.26. The van der Waals surface area contributed by atoms with Crippen LogP contribution in [0.5, 0.6) is 0 Å². The summed E-state index contributed by atoms with van der Waals surface area (Å²) in [5.41, 5.74) is 1.74. The second-order valence-corrected chi connectivity index (χ2v) is 5.59. The molecular weight excluding hydrogens is 300 g/mol. The first kappa shape index (κ1) is 14.8. The highest BCUT2D eigenvalue weighted by atomic mass is 35.5. The maximum atomic E-state index is 12.6. The highest BCUT2D eigenvalue weighted by molar-refractivity contribution is 6.30. The second kappa shape index (κ2) is 5.91. The molecule has 2 aromatic rings. The molecule has 0 bridgehead atoms. The van der Waals surface area contributed by atoms with Gasteiger partial charge in [0.05, 0.1) is 17.2 Å². The van der Waals surface area contributed by atoms with Gasteiger partial charge in [0.2, 0.25) is 0 Å². The highest BCUT2D eigenvalue weighted by Crippen LogP contribution is 2.31. The Morgan fingerprint density at radius 1 is 1.05 bits per heavy atom. The number of hydrogen-bond donors (Lipinski definition) is 1. The van der Waals surface area contributed by atoms with Crippen molar-refractivity contribution in [2.75, 3.05) is 13.6 Å². The minimum Gasteiger partial charge on any atom is -0.317 e. The number of likely N-dealkylation sites (N-methyl/N-ethyl adjacent to an activating group) is 1. The van der Waals surface area contributed by atoms with Gasteiger partial charge in [0.25, 0.3) is 11.8 Å². The van der Waals surface area contributed by atoms with Crippen molar-refractivity contribution in [3.05, 3.63) is 70.2 Å². The number of hydrogen-bond acceptors (Lipinski definition) is 3. The third kappa shape index (κ3) is 2.40. The van der Waals surface area contributed by atoms with E-state index in [1.54, 1.807) is 43.4 Å². The molecule has 3 rings (SSSR count). The van der Waals surface area contributed by atoms with E-state index in [4.69, 9.17) is 11.6 Å². The van der Waals surface area contributed by atoms with Gasteiger partial charge in [0.1, 0.15) is 0 Å². The number of amides is 2. The molecular formula is C17H15ClN2O2. The zero-order valence-electron chi connectivity index (χ0n) is 12.0. The minimum atomic E-state index is -0.393. The van der Waals surface area contributed by atoms with E-state index >= 15 is 0 Å². The summed E-state index contributed by atoms with van der Waals surface area (Å²) in [7, 11) is 1.79. The van der Waals surface area contributed by atoms with Crippen LogP contribution in [0.3, 0.4) is 0 Å². The molecule has 4 nitrogen and oxygen atoms in total. The van der Waals surface area contributed by atoms with Gasteiger partial charge in [-0.3, -0.25) is 14.5 Å². The predicted octanol–water partition coefficient (Wildman–Crippen LogP) is 2.90. The molecule has 1 unspecified atom stereocenters. The van der Waals surface area contributed by atoms with Crippen LogP contribution in [0.4, 0.5) is 0 Å². The van der Waals surface area contributed by atoms with Crippen LogP contribution in [0.15, 0.2) is 48.5 Å². The van der Waals surface area contributed by atoms with Gasteiger partial charge in [-0.2, -0.15) is 0 Å². The normalized spacial score (nSPS) is 15.1. The minimum absolute atomic E-state index is 0.263. The quantitative estimate of drug-likeness (QED) is 0.883. The second-order valence-electron chi connectivity index (χ2n) is 5.15. The summed E-state index contributed by atoms with van der Waals surface area (Å²) in [6.07, 6.45) is 0. The molecule has 0 spiro atoms. The maximum absolute atomic E-state index is 12.6. The fourth-order valence-electron chi connectivity index (χ4n) is 2.76. The maximum Gasteiger partial charge on any atom is 0.262 e. The molecule has 0 fully saturated rings. The van der Waals surface area contributed by atoms with Crippen LogP contribution in [-0.4, -0.2) is 30.3 Å². The van der Waals surface area contributed by atoms with Crippen molar-refractivity contribution in [2.45, 2.75) is 6.04 Å². The van der Waals surface area contributed by atoms with Gasteiger partial charge in [0, 0.05) is 11.6 Å². The topological polar surface area (TPSA) is 49.4 Å². The van der Waals surface area contributed by atoms with Gasteiger partial charge in [-0.05, 0) is 36.9 Å². The van der Waals surface area contributed by atoms with Crippen molar-refractivity contribution < 1.29 is 9.59 Å². The van der Waals surface area contributed by atoms with Crippen molar-refractivity contribution in [3.63, 3.8) is 0 Å². The Kier molecular flexibility index (Phi) is 3.96. The Morgan fingerprint density at radius 3 is 2.23 bits per heavy atom. The number of fused-ring (bicyclic) bond motifs is 1. The first-order valence-corrected chi connectivity index (χ1v) is 7.38. The molecule has 2 aromatic carbocycles. The van der Waals surface area contributed by atoms with Gasteiger partial charge in [-0.1, -0.05) is 35.9 Å². The van der Waals surface area contributed by atoms with Gasteiger partial charge in [0.15, 0.2) is 0 Å². The number of halogens is 1. The molecule has 1 aliphatic heterocycles. The van der Waals surface area contributed by atoms with Crippen molar-refractivity contribution in [3.8, 4) is 0 Å². The van der Waals surface area contributed by atoms with E-state index in [0.717, 1.165) is 5.56 Å². The highest BCUT2D eigenvalue weighted by Gasteiger charge is 2.40. The van der Waals surface area contributed by atoms with Gasteiger partial charge in [-0.25, -0.2) is 0 Å². The largest absolute Gasteiger partial charge is 0.317 e. The van der Waals surface area contributed by atoms with Crippen LogP contribution in [0.2, 0.25) is 5.02 Å². The molecule has 22 heavy (non-hydrogen) atoms. The van der Waals surface area contributed by atoms with E-state index in [-0.39, 0.29) is 11.8 Å².